The van der Waals surface area contributed by atoms with Gasteiger partial charge in [-0.15, -0.1) is 0 Å². The number of nitrogens with one attached hydrogen (secondary N) is 2. The number of carbonyl (C=O) groups excluding carboxylic acids is 1. The molecule has 0 spiro atoms. The molecule has 0 fully saturated rings. The highest BCUT2D eigenvalue weighted by Gasteiger charge is 2.27. The highest BCUT2D eigenvalue weighted by molar-refractivity contribution is 7.81. The van der Waals surface area contributed by atoms with Gasteiger partial charge in [0, 0.05) is 23.2 Å². The second-order valence-electron chi connectivity index (χ2n) is 4.97. The van der Waals surface area contributed by atoms with E-state index in [2.05, 4.69) is 10.6 Å². The number of rotatable bonds is 3. The molecule has 1 aliphatic heterocycles. The molecule has 3 N–H and O–H groups in total. The predicted molar refractivity (Wildman–Crippen MR) is 88.9 cm³/mol. The van der Waals surface area contributed by atoms with Crippen LogP contribution in [0, 0.1) is 0 Å². The number of hydrogen-bond donors (Lipinski definition) is 3. The van der Waals surface area contributed by atoms with Gasteiger partial charge >= 0.3 is 0 Å². The lowest BCUT2D eigenvalue weighted by molar-refractivity contribution is -0.118. The van der Waals surface area contributed by atoms with Crippen LogP contribution in [0.5, 0.6) is 0 Å². The van der Waals surface area contributed by atoms with E-state index >= 15 is 0 Å². The van der Waals surface area contributed by atoms with Gasteiger partial charge in [0.1, 0.15) is 16.3 Å². The highest BCUT2D eigenvalue weighted by Crippen LogP contribution is 2.26. The van der Waals surface area contributed by atoms with Crippen LogP contribution in [0.2, 0.25) is 5.02 Å². The molecule has 1 aromatic carbocycles. The quantitative estimate of drug-likeness (QED) is 0.746. The molecule has 1 unspecified atom stereocenters. The number of amides is 1. The predicted octanol–water partition coefficient (Wildman–Crippen LogP) is 3.36. The summed E-state index contributed by atoms with van der Waals surface area (Å²) in [5, 5.41) is 16.4. The van der Waals surface area contributed by atoms with Gasteiger partial charge in [-0.3, -0.25) is 4.79 Å². The molecule has 1 aliphatic rings. The molecule has 0 aromatic heterocycles. The third-order valence-electron chi connectivity index (χ3n) is 3.34. The van der Waals surface area contributed by atoms with Crippen LogP contribution in [0.3, 0.4) is 0 Å². The van der Waals surface area contributed by atoms with E-state index in [4.69, 9.17) is 23.8 Å². The molecule has 1 amide bonds. The van der Waals surface area contributed by atoms with Gasteiger partial charge in [0.2, 0.25) is 0 Å². The van der Waals surface area contributed by atoms with Crippen LogP contribution in [0.25, 0.3) is 0 Å². The summed E-state index contributed by atoms with van der Waals surface area (Å²) >= 11 is 11.4. The summed E-state index contributed by atoms with van der Waals surface area (Å²) in [7, 11) is 0. The minimum absolute atomic E-state index is 0.0174. The summed E-state index contributed by atoms with van der Waals surface area (Å²) in [5.74, 6) is -0.340. The van der Waals surface area contributed by atoms with Gasteiger partial charge in [-0.1, -0.05) is 36.8 Å². The van der Waals surface area contributed by atoms with E-state index in [1.54, 1.807) is 6.07 Å². The van der Waals surface area contributed by atoms with Crippen molar-refractivity contribution in [3.05, 3.63) is 40.1 Å². The Bertz CT molecular complexity index is 628. The van der Waals surface area contributed by atoms with Gasteiger partial charge in [-0.25, -0.2) is 0 Å². The van der Waals surface area contributed by atoms with Crippen molar-refractivity contribution >= 4 is 40.4 Å². The number of anilines is 1. The first-order valence-electron chi connectivity index (χ1n) is 6.75. The zero-order valence-electron chi connectivity index (χ0n) is 11.9. The molecule has 4 nitrogen and oxygen atoms in total. The van der Waals surface area contributed by atoms with Crippen LogP contribution in [-0.4, -0.2) is 22.0 Å². The Labute approximate surface area is 134 Å². The zero-order valence-corrected chi connectivity index (χ0v) is 13.4. The van der Waals surface area contributed by atoms with Crippen LogP contribution in [0.1, 0.15) is 25.8 Å². The third kappa shape index (κ3) is 3.36. The average molecular weight is 325 g/mol. The maximum atomic E-state index is 12.0. The number of halogens is 1. The number of hydrogen-bond acceptors (Lipinski definition) is 3. The maximum Gasteiger partial charge on any atom is 0.257 e. The number of benzene rings is 1. The fourth-order valence-corrected chi connectivity index (χ4v) is 2.95. The van der Waals surface area contributed by atoms with E-state index in [1.165, 1.54) is 0 Å². The van der Waals surface area contributed by atoms with Crippen LogP contribution in [0.4, 0.5) is 5.69 Å². The van der Waals surface area contributed by atoms with Crippen molar-refractivity contribution in [2.45, 2.75) is 32.7 Å². The summed E-state index contributed by atoms with van der Waals surface area (Å²) in [5.41, 5.74) is 1.80. The second-order valence-corrected chi connectivity index (χ2v) is 5.79. The molecule has 0 saturated heterocycles. The van der Waals surface area contributed by atoms with Crippen LogP contribution in [0.15, 0.2) is 29.5 Å². The van der Waals surface area contributed by atoms with E-state index < -0.39 is 0 Å². The lowest BCUT2D eigenvalue weighted by Gasteiger charge is -2.23. The normalized spacial score (nSPS) is 18.4. The third-order valence-corrected chi connectivity index (χ3v) is 4.00. The smallest absolute Gasteiger partial charge is 0.257 e. The van der Waals surface area contributed by atoms with E-state index in [0.717, 1.165) is 17.7 Å². The van der Waals surface area contributed by atoms with Gasteiger partial charge in [0.25, 0.3) is 5.91 Å². The van der Waals surface area contributed by atoms with Gasteiger partial charge in [0.15, 0.2) is 0 Å². The first-order chi connectivity index (χ1) is 9.93. The van der Waals surface area contributed by atoms with E-state index in [1.807, 2.05) is 26.0 Å². The van der Waals surface area contributed by atoms with Crippen LogP contribution < -0.4 is 10.6 Å². The molecule has 0 bridgehead atoms. The topological polar surface area (TPSA) is 61.4 Å². The van der Waals surface area contributed by atoms with Gasteiger partial charge in [-0.2, -0.15) is 0 Å². The Morgan fingerprint density at radius 3 is 2.90 bits per heavy atom. The number of aliphatic hydroxyl groups excluding tert-OH is 1. The zero-order chi connectivity index (χ0) is 15.6. The first-order valence-corrected chi connectivity index (χ1v) is 7.54. The standard InChI is InChI=1S/C15H17ClN2O2S/c1-3-9-10(16)5-4-6-11(9)18-15(21)13-12(19)7-8(2)17-14(13)20/h4-6,8,19H,3,7H2,1-2H3,(H,17,20)(H,18,21). The molecular weight excluding hydrogens is 308 g/mol. The molecule has 0 radical (unpaired) electrons. The maximum absolute atomic E-state index is 12.0. The van der Waals surface area contributed by atoms with E-state index in [-0.39, 0.29) is 28.3 Å². The Balaban J connectivity index is 2.29. The van der Waals surface area contributed by atoms with Crippen LogP contribution >= 0.6 is 23.8 Å². The molecule has 6 heteroatoms. The Morgan fingerprint density at radius 1 is 1.57 bits per heavy atom. The molecule has 1 heterocycles. The minimum atomic E-state index is -0.358. The van der Waals surface area contributed by atoms with Crippen molar-refractivity contribution in [2.75, 3.05) is 5.32 Å². The number of thiocarbonyl (C=S) groups is 1. The SMILES string of the molecule is CCc1c(Cl)cccc1NC(=S)C1=C(O)CC(C)NC1=O. The molecule has 0 saturated carbocycles. The average Bonchev–Trinajstić information content (AvgIpc) is 2.37. The van der Waals surface area contributed by atoms with E-state index in [9.17, 15) is 9.90 Å². The van der Waals surface area contributed by atoms with E-state index in [0.29, 0.717) is 11.4 Å². The summed E-state index contributed by atoms with van der Waals surface area (Å²) in [6.45, 7) is 3.81. The molecular formula is C15H17ClN2O2S. The largest absolute Gasteiger partial charge is 0.511 e. The van der Waals surface area contributed by atoms with Crippen molar-refractivity contribution in [1.82, 2.24) is 5.32 Å². The molecule has 2 rings (SSSR count). The highest BCUT2D eigenvalue weighted by atomic mass is 35.5. The fourth-order valence-electron chi connectivity index (χ4n) is 2.32. The Morgan fingerprint density at radius 2 is 2.29 bits per heavy atom. The molecule has 0 aliphatic carbocycles. The van der Waals surface area contributed by atoms with Crippen LogP contribution in [-0.2, 0) is 11.2 Å². The summed E-state index contributed by atoms with van der Waals surface area (Å²) in [4.78, 5) is 12.2. The molecule has 112 valence electrons. The van der Waals surface area contributed by atoms with Crippen molar-refractivity contribution in [2.24, 2.45) is 0 Å². The number of carbonyl (C=O) groups is 1. The van der Waals surface area contributed by atoms with Gasteiger partial charge in [-0.05, 0) is 31.0 Å². The van der Waals surface area contributed by atoms with Gasteiger partial charge < -0.3 is 15.7 Å². The summed E-state index contributed by atoms with van der Waals surface area (Å²) < 4.78 is 0. The van der Waals surface area contributed by atoms with Crippen molar-refractivity contribution < 1.29 is 9.90 Å². The van der Waals surface area contributed by atoms with Gasteiger partial charge in [0.05, 0.1) is 0 Å². The molecule has 1 atom stereocenters. The lowest BCUT2D eigenvalue weighted by atomic mass is 10.0. The Kier molecular flexibility index (Phi) is 4.85. The van der Waals surface area contributed by atoms with Crippen molar-refractivity contribution in [1.29, 1.82) is 0 Å². The minimum Gasteiger partial charge on any atom is -0.511 e. The lowest BCUT2D eigenvalue weighted by Crippen LogP contribution is -2.41. The molecule has 21 heavy (non-hydrogen) atoms. The first kappa shape index (κ1) is 15.8. The van der Waals surface area contributed by atoms with Crippen molar-refractivity contribution in [3.8, 4) is 0 Å². The summed E-state index contributed by atoms with van der Waals surface area (Å²) in [6.07, 6.45) is 1.11. The summed E-state index contributed by atoms with van der Waals surface area (Å²) in [6, 6.07) is 5.36. The Hall–Kier alpha value is -1.59. The molecule has 1 aromatic rings. The number of aliphatic hydroxyl groups is 1. The fraction of sp³-hybridized carbons (Fsp3) is 0.333. The monoisotopic (exact) mass is 324 g/mol. The van der Waals surface area contributed by atoms with Crippen molar-refractivity contribution in [3.63, 3.8) is 0 Å². The second kappa shape index (κ2) is 6.45.